The van der Waals surface area contributed by atoms with E-state index < -0.39 is 6.04 Å². The molecule has 0 aliphatic heterocycles. The van der Waals surface area contributed by atoms with Gasteiger partial charge in [-0.15, -0.1) is 0 Å². The van der Waals surface area contributed by atoms with Crippen molar-refractivity contribution in [2.24, 2.45) is 0 Å². The summed E-state index contributed by atoms with van der Waals surface area (Å²) in [7, 11) is 0. The second-order valence-corrected chi connectivity index (χ2v) is 9.51. The number of hydrogen-bond acceptors (Lipinski definition) is 3. The lowest BCUT2D eigenvalue weighted by atomic mass is 10.0. The summed E-state index contributed by atoms with van der Waals surface area (Å²) < 4.78 is 5.71. The van der Waals surface area contributed by atoms with Crippen molar-refractivity contribution in [2.45, 2.75) is 72.0 Å². The Morgan fingerprint density at radius 3 is 2.25 bits per heavy atom. The molecule has 0 spiro atoms. The molecular weight excluding hydrogens is 424 g/mol. The fourth-order valence-corrected chi connectivity index (χ4v) is 3.48. The smallest absolute Gasteiger partial charge is 0.243 e. The minimum Gasteiger partial charge on any atom is -0.494 e. The Hall–Kier alpha value is -2.53. The lowest BCUT2D eigenvalue weighted by Gasteiger charge is -2.33. The van der Waals surface area contributed by atoms with Gasteiger partial charge in [0, 0.05) is 23.5 Å². The predicted molar refractivity (Wildman–Crippen MR) is 130 cm³/mol. The second kappa shape index (κ2) is 11.9. The zero-order valence-electron chi connectivity index (χ0n) is 19.8. The van der Waals surface area contributed by atoms with Crippen molar-refractivity contribution in [3.63, 3.8) is 0 Å². The summed E-state index contributed by atoms with van der Waals surface area (Å²) in [5.74, 6) is 0.536. The van der Waals surface area contributed by atoms with Crippen molar-refractivity contribution in [3.05, 3.63) is 64.7 Å². The molecule has 0 radical (unpaired) electrons. The van der Waals surface area contributed by atoms with Gasteiger partial charge in [-0.25, -0.2) is 0 Å². The van der Waals surface area contributed by atoms with Gasteiger partial charge in [-0.3, -0.25) is 9.59 Å². The molecule has 2 aromatic carbocycles. The Morgan fingerprint density at radius 1 is 1.06 bits per heavy atom. The topological polar surface area (TPSA) is 58.6 Å². The first-order valence-electron chi connectivity index (χ1n) is 11.1. The minimum atomic E-state index is -0.528. The molecule has 0 saturated heterocycles. The van der Waals surface area contributed by atoms with Crippen LogP contribution in [0.5, 0.6) is 5.75 Å². The molecule has 0 saturated carbocycles. The van der Waals surface area contributed by atoms with E-state index in [2.05, 4.69) is 5.32 Å². The summed E-state index contributed by atoms with van der Waals surface area (Å²) >= 11 is 5.90. The van der Waals surface area contributed by atoms with E-state index >= 15 is 0 Å². The third kappa shape index (κ3) is 8.54. The molecule has 0 aliphatic carbocycles. The van der Waals surface area contributed by atoms with Crippen molar-refractivity contribution >= 4 is 23.4 Å². The maximum absolute atomic E-state index is 13.2. The van der Waals surface area contributed by atoms with Crippen LogP contribution in [-0.4, -0.2) is 34.9 Å². The first-order valence-corrected chi connectivity index (χ1v) is 11.5. The highest BCUT2D eigenvalue weighted by Crippen LogP contribution is 2.18. The SMILES string of the molecule is CC[C@@H](C(=O)NC(C)(C)C)N(Cc1ccc(C)cc1)C(=O)CCCOc1ccc(Cl)cc1. The third-order valence-electron chi connectivity index (χ3n) is 4.97. The molecule has 0 heterocycles. The lowest BCUT2D eigenvalue weighted by molar-refractivity contribution is -0.142. The predicted octanol–water partition coefficient (Wildman–Crippen LogP) is 5.53. The molecule has 0 fully saturated rings. The zero-order valence-corrected chi connectivity index (χ0v) is 20.5. The van der Waals surface area contributed by atoms with E-state index in [4.69, 9.17) is 16.3 Å². The van der Waals surface area contributed by atoms with Gasteiger partial charge in [0.25, 0.3) is 0 Å². The number of halogens is 1. The molecule has 0 unspecified atom stereocenters. The zero-order chi connectivity index (χ0) is 23.7. The van der Waals surface area contributed by atoms with E-state index in [1.165, 1.54) is 0 Å². The van der Waals surface area contributed by atoms with Gasteiger partial charge in [-0.05, 0) is 70.4 Å². The summed E-state index contributed by atoms with van der Waals surface area (Å²) in [4.78, 5) is 27.9. The average molecular weight is 459 g/mol. The molecule has 0 aliphatic rings. The Morgan fingerprint density at radius 2 is 1.69 bits per heavy atom. The lowest BCUT2D eigenvalue weighted by Crippen LogP contribution is -2.53. The molecule has 6 heteroatoms. The first kappa shape index (κ1) is 25.7. The number of nitrogens with one attached hydrogen (secondary N) is 1. The Bertz CT molecular complexity index is 873. The van der Waals surface area contributed by atoms with Crippen molar-refractivity contribution in [2.75, 3.05) is 6.61 Å². The first-order chi connectivity index (χ1) is 15.1. The fraction of sp³-hybridized carbons (Fsp3) is 0.462. The van der Waals surface area contributed by atoms with Crippen LogP contribution >= 0.6 is 11.6 Å². The number of aryl methyl sites for hydroxylation is 1. The number of carbonyl (C=O) groups is 2. The van der Waals surface area contributed by atoms with Gasteiger partial charge in [-0.1, -0.05) is 48.4 Å². The number of rotatable bonds is 10. The van der Waals surface area contributed by atoms with Crippen LogP contribution in [0.1, 0.15) is 58.1 Å². The molecule has 0 aromatic heterocycles. The van der Waals surface area contributed by atoms with E-state index in [0.29, 0.717) is 43.2 Å². The number of nitrogens with zero attached hydrogens (tertiary/aromatic N) is 1. The van der Waals surface area contributed by atoms with Crippen LogP contribution in [0.3, 0.4) is 0 Å². The molecule has 2 aromatic rings. The van der Waals surface area contributed by atoms with E-state index in [0.717, 1.165) is 11.1 Å². The van der Waals surface area contributed by atoms with Crippen LogP contribution < -0.4 is 10.1 Å². The largest absolute Gasteiger partial charge is 0.494 e. The summed E-state index contributed by atoms with van der Waals surface area (Å²) in [6, 6.07) is 14.7. The van der Waals surface area contributed by atoms with Crippen LogP contribution in [0.25, 0.3) is 0 Å². The van der Waals surface area contributed by atoms with Gasteiger partial charge in [0.15, 0.2) is 0 Å². The molecule has 32 heavy (non-hydrogen) atoms. The van der Waals surface area contributed by atoms with Gasteiger partial charge in [-0.2, -0.15) is 0 Å². The van der Waals surface area contributed by atoms with E-state index in [-0.39, 0.29) is 17.4 Å². The van der Waals surface area contributed by atoms with Crippen LogP contribution in [0.15, 0.2) is 48.5 Å². The second-order valence-electron chi connectivity index (χ2n) is 9.08. The molecule has 5 nitrogen and oxygen atoms in total. The molecule has 0 bridgehead atoms. The Labute approximate surface area is 197 Å². The maximum atomic E-state index is 13.2. The van der Waals surface area contributed by atoms with Crippen molar-refractivity contribution < 1.29 is 14.3 Å². The molecule has 2 amide bonds. The summed E-state index contributed by atoms with van der Waals surface area (Å²) in [6.07, 6.45) is 1.41. The molecular formula is C26H35ClN2O3. The van der Waals surface area contributed by atoms with Crippen LogP contribution in [0.4, 0.5) is 0 Å². The van der Waals surface area contributed by atoms with Crippen molar-refractivity contribution in [1.29, 1.82) is 0 Å². The van der Waals surface area contributed by atoms with Crippen LogP contribution in [-0.2, 0) is 16.1 Å². The van der Waals surface area contributed by atoms with Gasteiger partial charge >= 0.3 is 0 Å². The Kier molecular flexibility index (Phi) is 9.58. The number of carbonyl (C=O) groups excluding carboxylic acids is 2. The van der Waals surface area contributed by atoms with E-state index in [9.17, 15) is 9.59 Å². The third-order valence-corrected chi connectivity index (χ3v) is 5.23. The summed E-state index contributed by atoms with van der Waals surface area (Å²) in [5, 5.41) is 3.68. The van der Waals surface area contributed by atoms with Gasteiger partial charge < -0.3 is 15.0 Å². The fourth-order valence-electron chi connectivity index (χ4n) is 3.35. The quantitative estimate of drug-likeness (QED) is 0.476. The monoisotopic (exact) mass is 458 g/mol. The standard InChI is InChI=1S/C26H35ClN2O3/c1-6-23(25(31)28-26(3,4)5)29(18-20-11-9-19(2)10-12-20)24(30)8-7-17-32-22-15-13-21(27)14-16-22/h9-16,23H,6-8,17-18H2,1-5H3,(H,28,31)/t23-/m0/s1. The number of ether oxygens (including phenoxy) is 1. The van der Waals surface area contributed by atoms with Crippen LogP contribution in [0.2, 0.25) is 5.02 Å². The summed E-state index contributed by atoms with van der Waals surface area (Å²) in [6.45, 7) is 10.6. The highest BCUT2D eigenvalue weighted by Gasteiger charge is 2.30. The molecule has 1 N–H and O–H groups in total. The van der Waals surface area contributed by atoms with E-state index in [1.807, 2.05) is 58.9 Å². The number of benzene rings is 2. The van der Waals surface area contributed by atoms with Gasteiger partial charge in [0.2, 0.25) is 11.8 Å². The van der Waals surface area contributed by atoms with Crippen LogP contribution in [0, 0.1) is 6.92 Å². The highest BCUT2D eigenvalue weighted by atomic mass is 35.5. The highest BCUT2D eigenvalue weighted by molar-refractivity contribution is 6.30. The number of hydrogen-bond donors (Lipinski definition) is 1. The van der Waals surface area contributed by atoms with E-state index in [1.54, 1.807) is 29.2 Å². The maximum Gasteiger partial charge on any atom is 0.243 e. The van der Waals surface area contributed by atoms with Gasteiger partial charge in [0.05, 0.1) is 6.61 Å². The summed E-state index contributed by atoms with van der Waals surface area (Å²) in [5.41, 5.74) is 1.79. The Balaban J connectivity index is 2.07. The van der Waals surface area contributed by atoms with Gasteiger partial charge in [0.1, 0.15) is 11.8 Å². The van der Waals surface area contributed by atoms with Crippen molar-refractivity contribution in [3.8, 4) is 5.75 Å². The molecule has 2 rings (SSSR count). The number of amides is 2. The average Bonchev–Trinajstić information content (AvgIpc) is 2.72. The minimum absolute atomic E-state index is 0.0545. The molecule has 174 valence electrons. The molecule has 1 atom stereocenters. The normalized spacial score (nSPS) is 12.2. The van der Waals surface area contributed by atoms with Crippen molar-refractivity contribution in [1.82, 2.24) is 10.2 Å².